The van der Waals surface area contributed by atoms with Crippen molar-refractivity contribution in [2.75, 3.05) is 7.11 Å². The van der Waals surface area contributed by atoms with Crippen molar-refractivity contribution < 1.29 is 22.7 Å². The Bertz CT molecular complexity index is 1190. The van der Waals surface area contributed by atoms with Gasteiger partial charge in [0.2, 0.25) is 0 Å². The fourth-order valence-corrected chi connectivity index (χ4v) is 3.64. The number of nitrogens with zero attached hydrogens (tertiary/aromatic N) is 1. The fraction of sp³-hybridized carbons (Fsp3) is 0.174. The summed E-state index contributed by atoms with van der Waals surface area (Å²) in [5, 5.41) is 1.96. The van der Waals surface area contributed by atoms with E-state index in [0.29, 0.717) is 18.5 Å². The van der Waals surface area contributed by atoms with Crippen LogP contribution < -0.4 is 0 Å². The van der Waals surface area contributed by atoms with Crippen LogP contribution in [0.2, 0.25) is 0 Å². The van der Waals surface area contributed by atoms with Crippen LogP contribution in [0.25, 0.3) is 21.8 Å². The van der Waals surface area contributed by atoms with E-state index in [0.717, 1.165) is 39.5 Å². The Labute approximate surface area is 165 Å². The molecule has 0 aliphatic rings. The first-order chi connectivity index (χ1) is 13.9. The Morgan fingerprint density at radius 3 is 2.31 bits per heavy atom. The molecule has 0 bridgehead atoms. The first-order valence-electron chi connectivity index (χ1n) is 9.14. The molecule has 0 atom stereocenters. The third-order valence-electron chi connectivity index (χ3n) is 5.10. The predicted octanol–water partition coefficient (Wildman–Crippen LogP) is 5.84. The Kier molecular flexibility index (Phi) is 4.78. The molecule has 0 amide bonds. The number of hydrogen-bond acceptors (Lipinski definition) is 2. The van der Waals surface area contributed by atoms with E-state index in [1.807, 2.05) is 36.4 Å². The molecule has 6 heteroatoms. The standard InChI is InChI=1S/C23H18F3NO2/c1-29-22(28)16-8-11-21-19(14-16)18-4-2-3-5-20(18)27(21)13-12-15-6-9-17(10-7-15)23(24,25)26/h2-11,14H,12-13H2,1H3. The number of methoxy groups -OCH3 is 1. The number of carbonyl (C=O) groups is 1. The minimum atomic E-state index is -4.33. The van der Waals surface area contributed by atoms with Gasteiger partial charge in [0.25, 0.3) is 0 Å². The van der Waals surface area contributed by atoms with Crippen molar-refractivity contribution in [2.45, 2.75) is 19.1 Å². The molecule has 0 N–H and O–H groups in total. The summed E-state index contributed by atoms with van der Waals surface area (Å²) in [6.45, 7) is 0.604. The van der Waals surface area contributed by atoms with Gasteiger partial charge >= 0.3 is 12.1 Å². The Morgan fingerprint density at radius 2 is 1.62 bits per heavy atom. The van der Waals surface area contributed by atoms with E-state index in [2.05, 4.69) is 4.57 Å². The number of ether oxygens (including phenoxy) is 1. The van der Waals surface area contributed by atoms with E-state index in [-0.39, 0.29) is 0 Å². The second-order valence-corrected chi connectivity index (χ2v) is 6.84. The SMILES string of the molecule is COC(=O)c1ccc2c(c1)c1ccccc1n2CCc1ccc(C(F)(F)F)cc1. The first-order valence-corrected chi connectivity index (χ1v) is 9.14. The number of hydrogen-bond donors (Lipinski definition) is 0. The highest BCUT2D eigenvalue weighted by Gasteiger charge is 2.29. The highest BCUT2D eigenvalue weighted by atomic mass is 19.4. The van der Waals surface area contributed by atoms with Crippen LogP contribution in [0.15, 0.2) is 66.7 Å². The van der Waals surface area contributed by atoms with Gasteiger partial charge in [0, 0.05) is 28.4 Å². The Balaban J connectivity index is 1.70. The maximum Gasteiger partial charge on any atom is 0.416 e. The van der Waals surface area contributed by atoms with Crippen LogP contribution in [0.1, 0.15) is 21.5 Å². The van der Waals surface area contributed by atoms with Crippen molar-refractivity contribution in [3.8, 4) is 0 Å². The second-order valence-electron chi connectivity index (χ2n) is 6.84. The lowest BCUT2D eigenvalue weighted by atomic mass is 10.1. The van der Waals surface area contributed by atoms with Crippen molar-refractivity contribution in [3.05, 3.63) is 83.4 Å². The highest BCUT2D eigenvalue weighted by molar-refractivity contribution is 6.10. The molecule has 4 rings (SSSR count). The van der Waals surface area contributed by atoms with E-state index in [9.17, 15) is 18.0 Å². The van der Waals surface area contributed by atoms with Crippen molar-refractivity contribution >= 4 is 27.8 Å². The zero-order valence-corrected chi connectivity index (χ0v) is 15.7. The molecular formula is C23H18F3NO2. The minimum Gasteiger partial charge on any atom is -0.465 e. The number of benzene rings is 3. The summed E-state index contributed by atoms with van der Waals surface area (Å²) in [6.07, 6.45) is -3.74. The lowest BCUT2D eigenvalue weighted by Crippen LogP contribution is -2.05. The molecule has 0 unspecified atom stereocenters. The van der Waals surface area contributed by atoms with Crippen LogP contribution >= 0.6 is 0 Å². The average Bonchev–Trinajstić information content (AvgIpc) is 3.04. The topological polar surface area (TPSA) is 31.2 Å². The third-order valence-corrected chi connectivity index (χ3v) is 5.10. The molecule has 29 heavy (non-hydrogen) atoms. The maximum atomic E-state index is 12.8. The van der Waals surface area contributed by atoms with Gasteiger partial charge in [0.15, 0.2) is 0 Å². The summed E-state index contributed by atoms with van der Waals surface area (Å²) in [5.41, 5.74) is 2.64. The van der Waals surface area contributed by atoms with Crippen LogP contribution in [0.3, 0.4) is 0 Å². The normalized spacial score (nSPS) is 11.9. The van der Waals surface area contributed by atoms with Crippen LogP contribution in [0, 0.1) is 0 Å². The Hall–Kier alpha value is -3.28. The van der Waals surface area contributed by atoms with Crippen molar-refractivity contribution in [3.63, 3.8) is 0 Å². The average molecular weight is 397 g/mol. The fourth-order valence-electron chi connectivity index (χ4n) is 3.64. The summed E-state index contributed by atoms with van der Waals surface area (Å²) in [5.74, 6) is -0.395. The number of para-hydroxylation sites is 1. The molecule has 1 heterocycles. The Morgan fingerprint density at radius 1 is 0.931 bits per heavy atom. The van der Waals surface area contributed by atoms with Crippen LogP contribution in [0.4, 0.5) is 13.2 Å². The van der Waals surface area contributed by atoms with Gasteiger partial charge in [-0.15, -0.1) is 0 Å². The molecule has 4 aromatic rings. The number of fused-ring (bicyclic) bond motifs is 3. The van der Waals surface area contributed by atoms with E-state index >= 15 is 0 Å². The molecule has 0 saturated heterocycles. The highest BCUT2D eigenvalue weighted by Crippen LogP contribution is 2.31. The van der Waals surface area contributed by atoms with Gasteiger partial charge in [-0.05, 0) is 48.4 Å². The van der Waals surface area contributed by atoms with E-state index in [1.165, 1.54) is 19.2 Å². The monoisotopic (exact) mass is 397 g/mol. The lowest BCUT2D eigenvalue weighted by Gasteiger charge is -2.10. The van der Waals surface area contributed by atoms with Gasteiger partial charge in [0.1, 0.15) is 0 Å². The van der Waals surface area contributed by atoms with E-state index in [1.54, 1.807) is 6.07 Å². The summed E-state index contributed by atoms with van der Waals surface area (Å²) >= 11 is 0. The molecule has 148 valence electrons. The van der Waals surface area contributed by atoms with Crippen LogP contribution in [-0.4, -0.2) is 17.6 Å². The quantitative estimate of drug-likeness (QED) is 0.405. The molecule has 0 saturated carbocycles. The molecule has 1 aromatic heterocycles. The zero-order valence-electron chi connectivity index (χ0n) is 15.7. The van der Waals surface area contributed by atoms with Crippen molar-refractivity contribution in [1.82, 2.24) is 4.57 Å². The molecule has 0 radical (unpaired) electrons. The zero-order chi connectivity index (χ0) is 20.6. The molecule has 0 aliphatic carbocycles. The third kappa shape index (κ3) is 3.58. The van der Waals surface area contributed by atoms with Gasteiger partial charge in [-0.1, -0.05) is 30.3 Å². The van der Waals surface area contributed by atoms with Gasteiger partial charge < -0.3 is 9.30 Å². The second kappa shape index (κ2) is 7.28. The van der Waals surface area contributed by atoms with Crippen LogP contribution in [0.5, 0.6) is 0 Å². The lowest BCUT2D eigenvalue weighted by molar-refractivity contribution is -0.137. The molecular weight excluding hydrogens is 379 g/mol. The number of esters is 1. The summed E-state index contributed by atoms with van der Waals surface area (Å²) in [4.78, 5) is 11.9. The smallest absolute Gasteiger partial charge is 0.416 e. The predicted molar refractivity (Wildman–Crippen MR) is 106 cm³/mol. The largest absolute Gasteiger partial charge is 0.465 e. The van der Waals surface area contributed by atoms with Gasteiger partial charge in [0.05, 0.1) is 18.2 Å². The minimum absolute atomic E-state index is 0.395. The van der Waals surface area contributed by atoms with Crippen molar-refractivity contribution in [2.24, 2.45) is 0 Å². The molecule has 0 spiro atoms. The summed E-state index contributed by atoms with van der Waals surface area (Å²) in [7, 11) is 1.35. The number of aromatic nitrogens is 1. The molecule has 0 aliphatic heterocycles. The number of halogens is 3. The number of carbonyl (C=O) groups excluding carboxylic acids is 1. The molecule has 3 aromatic carbocycles. The number of rotatable bonds is 4. The summed E-state index contributed by atoms with van der Waals surface area (Å²) < 4.78 is 45.2. The van der Waals surface area contributed by atoms with Gasteiger partial charge in [-0.2, -0.15) is 13.2 Å². The first kappa shape index (κ1) is 19.1. The van der Waals surface area contributed by atoms with Gasteiger partial charge in [-0.25, -0.2) is 4.79 Å². The number of aryl methyl sites for hydroxylation is 2. The summed E-state index contributed by atoms with van der Waals surface area (Å²) in [6, 6.07) is 18.6. The van der Waals surface area contributed by atoms with Gasteiger partial charge in [-0.3, -0.25) is 0 Å². The molecule has 0 fully saturated rings. The maximum absolute atomic E-state index is 12.8. The van der Waals surface area contributed by atoms with Crippen LogP contribution in [-0.2, 0) is 23.9 Å². The van der Waals surface area contributed by atoms with E-state index < -0.39 is 17.7 Å². The van der Waals surface area contributed by atoms with Crippen molar-refractivity contribution in [1.29, 1.82) is 0 Å². The molecule has 3 nitrogen and oxygen atoms in total. The number of alkyl halides is 3. The van der Waals surface area contributed by atoms with E-state index in [4.69, 9.17) is 4.74 Å².